The molecule has 5 heteroatoms. The SMILES string of the molecule is COc1cccc(C#N)c1NC(=O)c1ccc(C)cc1N. The van der Waals surface area contributed by atoms with Gasteiger partial charge in [-0.1, -0.05) is 12.1 Å². The van der Waals surface area contributed by atoms with Crippen molar-refractivity contribution in [2.75, 3.05) is 18.2 Å². The number of aryl methyl sites for hydroxylation is 1. The Labute approximate surface area is 123 Å². The molecule has 0 aromatic heterocycles. The standard InChI is InChI=1S/C16H15N3O2/c1-10-6-7-12(13(18)8-10)16(20)19-15-11(9-17)4-3-5-14(15)21-2/h3-8H,18H2,1-2H3,(H,19,20). The smallest absolute Gasteiger partial charge is 0.257 e. The van der Waals surface area contributed by atoms with Crippen molar-refractivity contribution in [3.8, 4) is 11.8 Å². The van der Waals surface area contributed by atoms with Gasteiger partial charge < -0.3 is 15.8 Å². The predicted molar refractivity (Wildman–Crippen MR) is 81.3 cm³/mol. The first kappa shape index (κ1) is 14.4. The number of hydrogen-bond donors (Lipinski definition) is 2. The van der Waals surface area contributed by atoms with Gasteiger partial charge in [0.25, 0.3) is 5.91 Å². The van der Waals surface area contributed by atoms with Crippen molar-refractivity contribution in [2.45, 2.75) is 6.92 Å². The normalized spacial score (nSPS) is 9.76. The number of methoxy groups -OCH3 is 1. The van der Waals surface area contributed by atoms with Gasteiger partial charge in [0.15, 0.2) is 0 Å². The van der Waals surface area contributed by atoms with Crippen LogP contribution < -0.4 is 15.8 Å². The molecule has 0 radical (unpaired) electrons. The van der Waals surface area contributed by atoms with Crippen molar-refractivity contribution in [2.24, 2.45) is 0 Å². The number of nitriles is 1. The molecule has 0 spiro atoms. The van der Waals surface area contributed by atoms with Gasteiger partial charge in [0.1, 0.15) is 17.5 Å². The Morgan fingerprint density at radius 2 is 2.10 bits per heavy atom. The van der Waals surface area contributed by atoms with Crippen LogP contribution >= 0.6 is 0 Å². The summed E-state index contributed by atoms with van der Waals surface area (Å²) in [5, 5.41) is 11.8. The van der Waals surface area contributed by atoms with Crippen molar-refractivity contribution in [3.05, 3.63) is 53.1 Å². The third-order valence-corrected chi connectivity index (χ3v) is 3.06. The van der Waals surface area contributed by atoms with Crippen molar-refractivity contribution in [1.82, 2.24) is 0 Å². The number of benzene rings is 2. The average Bonchev–Trinajstić information content (AvgIpc) is 2.47. The number of carbonyl (C=O) groups is 1. The molecule has 2 rings (SSSR count). The highest BCUT2D eigenvalue weighted by Gasteiger charge is 2.15. The number of anilines is 2. The van der Waals surface area contributed by atoms with E-state index in [2.05, 4.69) is 5.32 Å². The van der Waals surface area contributed by atoms with Gasteiger partial charge in [0.05, 0.1) is 18.2 Å². The topological polar surface area (TPSA) is 88.1 Å². The van der Waals surface area contributed by atoms with Gasteiger partial charge in [0, 0.05) is 5.69 Å². The molecule has 3 N–H and O–H groups in total. The molecule has 0 saturated carbocycles. The van der Waals surface area contributed by atoms with E-state index in [0.717, 1.165) is 5.56 Å². The number of nitrogens with two attached hydrogens (primary N) is 1. The average molecular weight is 281 g/mol. The van der Waals surface area contributed by atoms with Gasteiger partial charge in [-0.2, -0.15) is 5.26 Å². The molecule has 2 aromatic rings. The maximum Gasteiger partial charge on any atom is 0.257 e. The summed E-state index contributed by atoms with van der Waals surface area (Å²) < 4.78 is 5.18. The first-order valence-corrected chi connectivity index (χ1v) is 6.31. The van der Waals surface area contributed by atoms with Crippen LogP contribution in [0.25, 0.3) is 0 Å². The van der Waals surface area contributed by atoms with Crippen LogP contribution in [0, 0.1) is 18.3 Å². The van der Waals surface area contributed by atoms with Crippen LogP contribution in [0.1, 0.15) is 21.5 Å². The zero-order valence-corrected chi connectivity index (χ0v) is 11.8. The van der Waals surface area contributed by atoms with E-state index in [4.69, 9.17) is 15.7 Å². The van der Waals surface area contributed by atoms with Crippen molar-refractivity contribution >= 4 is 17.3 Å². The number of nitrogens with one attached hydrogen (secondary N) is 1. The molecule has 106 valence electrons. The van der Waals surface area contributed by atoms with E-state index < -0.39 is 0 Å². The summed E-state index contributed by atoms with van der Waals surface area (Å²) in [6.07, 6.45) is 0. The fourth-order valence-corrected chi connectivity index (χ4v) is 1.99. The molecule has 0 unspecified atom stereocenters. The Morgan fingerprint density at radius 1 is 1.33 bits per heavy atom. The maximum atomic E-state index is 12.3. The molecule has 0 aliphatic heterocycles. The highest BCUT2D eigenvalue weighted by molar-refractivity contribution is 6.09. The van der Waals surface area contributed by atoms with Crippen LogP contribution in [0.5, 0.6) is 5.75 Å². The fraction of sp³-hybridized carbons (Fsp3) is 0.125. The largest absolute Gasteiger partial charge is 0.495 e. The van der Waals surface area contributed by atoms with Gasteiger partial charge in [-0.25, -0.2) is 0 Å². The van der Waals surface area contributed by atoms with E-state index >= 15 is 0 Å². The lowest BCUT2D eigenvalue weighted by Crippen LogP contribution is -2.15. The summed E-state index contributed by atoms with van der Waals surface area (Å²) in [5.74, 6) is 0.0431. The second-order valence-electron chi connectivity index (χ2n) is 4.54. The summed E-state index contributed by atoms with van der Waals surface area (Å²) in [4.78, 5) is 12.3. The zero-order chi connectivity index (χ0) is 15.4. The minimum absolute atomic E-state index is 0.327. The zero-order valence-electron chi connectivity index (χ0n) is 11.8. The summed E-state index contributed by atoms with van der Waals surface area (Å²) in [7, 11) is 1.48. The fourth-order valence-electron chi connectivity index (χ4n) is 1.99. The molecule has 0 aliphatic rings. The molecule has 21 heavy (non-hydrogen) atoms. The minimum Gasteiger partial charge on any atom is -0.495 e. The Hall–Kier alpha value is -3.00. The number of para-hydroxylation sites is 1. The van der Waals surface area contributed by atoms with Gasteiger partial charge in [-0.3, -0.25) is 4.79 Å². The molecule has 2 aromatic carbocycles. The summed E-state index contributed by atoms with van der Waals surface area (Å²) >= 11 is 0. The molecule has 0 fully saturated rings. The van der Waals surface area contributed by atoms with E-state index in [-0.39, 0.29) is 5.91 Å². The Balaban J connectivity index is 2.38. The molecule has 0 bridgehead atoms. The molecule has 1 amide bonds. The number of nitrogen functional groups attached to an aromatic ring is 1. The van der Waals surface area contributed by atoms with Crippen LogP contribution in [0.2, 0.25) is 0 Å². The van der Waals surface area contributed by atoms with Gasteiger partial charge in [-0.05, 0) is 36.8 Å². The summed E-state index contributed by atoms with van der Waals surface area (Å²) in [5.41, 5.74) is 8.25. The van der Waals surface area contributed by atoms with Gasteiger partial charge >= 0.3 is 0 Å². The lowest BCUT2D eigenvalue weighted by molar-refractivity contribution is 0.102. The lowest BCUT2D eigenvalue weighted by Gasteiger charge is -2.12. The molecular weight excluding hydrogens is 266 g/mol. The van der Waals surface area contributed by atoms with E-state index in [1.54, 1.807) is 36.4 Å². The molecule has 0 heterocycles. The Bertz CT molecular complexity index is 733. The van der Waals surface area contributed by atoms with E-state index in [9.17, 15) is 4.79 Å². The van der Waals surface area contributed by atoms with Gasteiger partial charge in [-0.15, -0.1) is 0 Å². The highest BCUT2D eigenvalue weighted by Crippen LogP contribution is 2.28. The van der Waals surface area contributed by atoms with E-state index in [1.807, 2.05) is 13.0 Å². The first-order valence-electron chi connectivity index (χ1n) is 6.31. The van der Waals surface area contributed by atoms with E-state index in [0.29, 0.717) is 28.3 Å². The minimum atomic E-state index is -0.381. The molecule has 0 saturated heterocycles. The predicted octanol–water partition coefficient (Wildman–Crippen LogP) is 2.71. The van der Waals surface area contributed by atoms with Crippen LogP contribution in [-0.2, 0) is 0 Å². The lowest BCUT2D eigenvalue weighted by atomic mass is 10.1. The van der Waals surface area contributed by atoms with Crippen molar-refractivity contribution in [1.29, 1.82) is 5.26 Å². The van der Waals surface area contributed by atoms with Crippen LogP contribution in [0.4, 0.5) is 11.4 Å². The summed E-state index contributed by atoms with van der Waals surface area (Å²) in [6, 6.07) is 12.2. The second-order valence-corrected chi connectivity index (χ2v) is 4.54. The quantitative estimate of drug-likeness (QED) is 0.847. The molecular formula is C16H15N3O2. The molecule has 5 nitrogen and oxygen atoms in total. The number of ether oxygens (including phenoxy) is 1. The molecule has 0 aliphatic carbocycles. The Kier molecular flexibility index (Phi) is 4.10. The molecule has 0 atom stereocenters. The Morgan fingerprint density at radius 3 is 2.71 bits per heavy atom. The third-order valence-electron chi connectivity index (χ3n) is 3.06. The van der Waals surface area contributed by atoms with Crippen molar-refractivity contribution in [3.63, 3.8) is 0 Å². The number of nitrogens with zero attached hydrogens (tertiary/aromatic N) is 1. The van der Waals surface area contributed by atoms with Gasteiger partial charge in [0.2, 0.25) is 0 Å². The van der Waals surface area contributed by atoms with Crippen LogP contribution in [0.3, 0.4) is 0 Å². The summed E-state index contributed by atoms with van der Waals surface area (Å²) in [6.45, 7) is 1.89. The number of hydrogen-bond acceptors (Lipinski definition) is 4. The van der Waals surface area contributed by atoms with Crippen LogP contribution in [0.15, 0.2) is 36.4 Å². The second kappa shape index (κ2) is 5.97. The van der Waals surface area contributed by atoms with Crippen molar-refractivity contribution < 1.29 is 9.53 Å². The number of carbonyl (C=O) groups excluding carboxylic acids is 1. The van der Waals surface area contributed by atoms with E-state index in [1.165, 1.54) is 7.11 Å². The highest BCUT2D eigenvalue weighted by atomic mass is 16.5. The maximum absolute atomic E-state index is 12.3. The third kappa shape index (κ3) is 2.95. The number of amides is 1. The van der Waals surface area contributed by atoms with Crippen LogP contribution in [-0.4, -0.2) is 13.0 Å². The monoisotopic (exact) mass is 281 g/mol. The first-order chi connectivity index (χ1) is 10.1. The number of rotatable bonds is 3.